The van der Waals surface area contributed by atoms with Gasteiger partial charge in [-0.15, -0.1) is 0 Å². The maximum Gasteiger partial charge on any atom is 0.140 e. The largest absolute Gasteiger partial charge is 0.375 e. The van der Waals surface area contributed by atoms with Crippen molar-refractivity contribution in [3.63, 3.8) is 0 Å². The van der Waals surface area contributed by atoms with Crippen LogP contribution < -0.4 is 0 Å². The topological polar surface area (TPSA) is 26.3 Å². The fourth-order valence-electron chi connectivity index (χ4n) is 2.96. The van der Waals surface area contributed by atoms with Crippen LogP contribution in [0.4, 0.5) is 0 Å². The molecule has 1 aliphatic carbocycles. The number of carbonyl (C=O) groups excluding carboxylic acids is 1. The highest BCUT2D eigenvalue weighted by molar-refractivity contribution is 7.07. The van der Waals surface area contributed by atoms with Crippen molar-refractivity contribution in [3.8, 4) is 0 Å². The zero-order chi connectivity index (χ0) is 11.7. The maximum absolute atomic E-state index is 12.2. The van der Waals surface area contributed by atoms with Crippen LogP contribution in [0.2, 0.25) is 0 Å². The van der Waals surface area contributed by atoms with Gasteiger partial charge in [0, 0.05) is 18.9 Å². The molecule has 1 aliphatic heterocycles. The van der Waals surface area contributed by atoms with E-state index in [1.807, 2.05) is 5.38 Å². The highest BCUT2D eigenvalue weighted by Crippen LogP contribution is 2.44. The van der Waals surface area contributed by atoms with Crippen LogP contribution in [0.5, 0.6) is 0 Å². The summed E-state index contributed by atoms with van der Waals surface area (Å²) in [5.41, 5.74) is 1.27. The Morgan fingerprint density at radius 1 is 1.53 bits per heavy atom. The van der Waals surface area contributed by atoms with E-state index >= 15 is 0 Å². The van der Waals surface area contributed by atoms with Crippen molar-refractivity contribution in [2.24, 2.45) is 5.92 Å². The molecular weight excluding hydrogens is 232 g/mol. The van der Waals surface area contributed by atoms with E-state index in [2.05, 4.69) is 11.4 Å². The molecule has 17 heavy (non-hydrogen) atoms. The molecule has 3 rings (SSSR count). The van der Waals surface area contributed by atoms with E-state index in [1.54, 1.807) is 11.3 Å². The Balaban J connectivity index is 1.61. The molecule has 1 saturated heterocycles. The van der Waals surface area contributed by atoms with Crippen LogP contribution >= 0.6 is 11.3 Å². The standard InChI is InChI=1S/C14H18O2S/c15-13(8-11-3-7-17-10-11)12-2-6-16-14(9-12)4-1-5-14/h3,7,10,12H,1-2,4-6,8-9H2. The minimum atomic E-state index is 0.0905. The molecular formula is C14H18O2S. The average Bonchev–Trinajstić information content (AvgIpc) is 2.80. The molecule has 0 amide bonds. The number of ether oxygens (including phenoxy) is 1. The summed E-state index contributed by atoms with van der Waals surface area (Å²) in [6, 6.07) is 2.06. The second-order valence-corrected chi connectivity index (χ2v) is 6.13. The summed E-state index contributed by atoms with van der Waals surface area (Å²) in [6.07, 6.45) is 6.10. The van der Waals surface area contributed by atoms with E-state index in [0.717, 1.165) is 32.3 Å². The molecule has 1 aromatic heterocycles. The highest BCUT2D eigenvalue weighted by Gasteiger charge is 2.44. The molecule has 1 unspecified atom stereocenters. The number of thiophene rings is 1. The summed E-state index contributed by atoms with van der Waals surface area (Å²) in [5, 5.41) is 4.12. The smallest absolute Gasteiger partial charge is 0.140 e. The van der Waals surface area contributed by atoms with E-state index in [0.29, 0.717) is 12.2 Å². The number of rotatable bonds is 3. The van der Waals surface area contributed by atoms with Crippen molar-refractivity contribution < 1.29 is 9.53 Å². The SMILES string of the molecule is O=C(Cc1ccsc1)C1CCOC2(CCC2)C1. The molecule has 2 nitrogen and oxygen atoms in total. The first-order valence-electron chi connectivity index (χ1n) is 6.45. The molecule has 3 heteroatoms. The monoisotopic (exact) mass is 250 g/mol. The third-order valence-corrected chi connectivity index (χ3v) is 4.90. The van der Waals surface area contributed by atoms with E-state index in [9.17, 15) is 4.79 Å². The first-order chi connectivity index (χ1) is 8.27. The summed E-state index contributed by atoms with van der Waals surface area (Å²) in [5.74, 6) is 0.655. The van der Waals surface area contributed by atoms with Crippen molar-refractivity contribution in [2.75, 3.05) is 6.61 Å². The summed E-state index contributed by atoms with van der Waals surface area (Å²) in [4.78, 5) is 12.2. The Labute approximate surface area is 106 Å². The number of ketones is 1. The lowest BCUT2D eigenvalue weighted by Crippen LogP contribution is -2.47. The van der Waals surface area contributed by atoms with E-state index in [4.69, 9.17) is 4.74 Å². The highest BCUT2D eigenvalue weighted by atomic mass is 32.1. The van der Waals surface area contributed by atoms with Crippen LogP contribution in [0.3, 0.4) is 0 Å². The van der Waals surface area contributed by atoms with E-state index in [-0.39, 0.29) is 11.5 Å². The predicted octanol–water partition coefficient (Wildman–Crippen LogP) is 3.21. The van der Waals surface area contributed by atoms with Gasteiger partial charge in [0.15, 0.2) is 0 Å². The van der Waals surface area contributed by atoms with Crippen molar-refractivity contribution in [2.45, 2.75) is 44.1 Å². The van der Waals surface area contributed by atoms with Crippen LogP contribution in [0.1, 0.15) is 37.7 Å². The molecule has 0 bridgehead atoms. The van der Waals surface area contributed by atoms with Crippen molar-refractivity contribution >= 4 is 17.1 Å². The van der Waals surface area contributed by atoms with Crippen LogP contribution in [0.15, 0.2) is 16.8 Å². The minimum absolute atomic E-state index is 0.0905. The first kappa shape index (κ1) is 11.4. The summed E-state index contributed by atoms with van der Waals surface area (Å²) in [6.45, 7) is 0.778. The van der Waals surface area contributed by atoms with Crippen molar-refractivity contribution in [1.82, 2.24) is 0 Å². The summed E-state index contributed by atoms with van der Waals surface area (Å²) >= 11 is 1.67. The molecule has 92 valence electrons. The maximum atomic E-state index is 12.2. The number of hydrogen-bond acceptors (Lipinski definition) is 3. The zero-order valence-corrected chi connectivity index (χ0v) is 10.8. The van der Waals surface area contributed by atoms with Crippen LogP contribution in [-0.2, 0) is 16.0 Å². The molecule has 1 aromatic rings. The molecule has 2 heterocycles. The Morgan fingerprint density at radius 3 is 3.06 bits per heavy atom. The Hall–Kier alpha value is -0.670. The second-order valence-electron chi connectivity index (χ2n) is 5.35. The second kappa shape index (κ2) is 4.54. The van der Waals surface area contributed by atoms with E-state index < -0.39 is 0 Å². The Bertz CT molecular complexity index is 392. The molecule has 2 fully saturated rings. The number of Topliss-reactive ketones (excluding diaryl/α,β-unsaturated/α-hetero) is 1. The van der Waals surface area contributed by atoms with Crippen LogP contribution in [0, 0.1) is 5.92 Å². The van der Waals surface area contributed by atoms with Gasteiger partial charge in [0.05, 0.1) is 5.60 Å². The fourth-order valence-corrected chi connectivity index (χ4v) is 3.63. The summed E-state index contributed by atoms with van der Waals surface area (Å²) in [7, 11) is 0. The van der Waals surface area contributed by atoms with Gasteiger partial charge in [-0.05, 0) is 54.5 Å². The van der Waals surface area contributed by atoms with Gasteiger partial charge in [-0.2, -0.15) is 11.3 Å². The van der Waals surface area contributed by atoms with Gasteiger partial charge in [-0.25, -0.2) is 0 Å². The van der Waals surface area contributed by atoms with Crippen LogP contribution in [-0.4, -0.2) is 18.0 Å². The predicted molar refractivity (Wildman–Crippen MR) is 68.3 cm³/mol. The van der Waals surface area contributed by atoms with Gasteiger partial charge in [-0.1, -0.05) is 0 Å². The molecule has 0 radical (unpaired) electrons. The van der Waals surface area contributed by atoms with Gasteiger partial charge < -0.3 is 4.74 Å². The normalized spacial score (nSPS) is 26.7. The molecule has 1 spiro atoms. The lowest BCUT2D eigenvalue weighted by Gasteiger charge is -2.46. The molecule has 0 N–H and O–H groups in total. The lowest BCUT2D eigenvalue weighted by atomic mass is 9.71. The number of hydrogen-bond donors (Lipinski definition) is 0. The number of carbonyl (C=O) groups is 1. The third-order valence-electron chi connectivity index (χ3n) is 4.17. The van der Waals surface area contributed by atoms with E-state index in [1.165, 1.54) is 12.0 Å². The first-order valence-corrected chi connectivity index (χ1v) is 7.39. The summed E-state index contributed by atoms with van der Waals surface area (Å²) < 4.78 is 5.87. The van der Waals surface area contributed by atoms with Gasteiger partial charge in [0.25, 0.3) is 0 Å². The molecule has 2 aliphatic rings. The Kier molecular flexibility index (Phi) is 3.05. The quantitative estimate of drug-likeness (QED) is 0.823. The van der Waals surface area contributed by atoms with Crippen molar-refractivity contribution in [1.29, 1.82) is 0 Å². The zero-order valence-electron chi connectivity index (χ0n) is 9.98. The molecule has 1 saturated carbocycles. The molecule has 0 aromatic carbocycles. The van der Waals surface area contributed by atoms with Gasteiger partial charge in [0.2, 0.25) is 0 Å². The third kappa shape index (κ3) is 2.31. The Morgan fingerprint density at radius 2 is 2.41 bits per heavy atom. The van der Waals surface area contributed by atoms with Gasteiger partial charge >= 0.3 is 0 Å². The minimum Gasteiger partial charge on any atom is -0.375 e. The average molecular weight is 250 g/mol. The molecule has 1 atom stereocenters. The van der Waals surface area contributed by atoms with Gasteiger partial charge in [-0.3, -0.25) is 4.79 Å². The lowest BCUT2D eigenvalue weighted by molar-refractivity contribution is -0.155. The fraction of sp³-hybridized carbons (Fsp3) is 0.643. The van der Waals surface area contributed by atoms with Crippen molar-refractivity contribution in [3.05, 3.63) is 22.4 Å². The van der Waals surface area contributed by atoms with Gasteiger partial charge in [0.1, 0.15) is 5.78 Å². The van der Waals surface area contributed by atoms with Crippen LogP contribution in [0.25, 0.3) is 0 Å².